The summed E-state index contributed by atoms with van der Waals surface area (Å²) in [7, 11) is -3.49. The first-order valence-corrected chi connectivity index (χ1v) is 9.48. The highest BCUT2D eigenvalue weighted by atomic mass is 35.5. The lowest BCUT2D eigenvalue weighted by Gasteiger charge is -2.30. The third kappa shape index (κ3) is 3.74. The molecule has 2 atom stereocenters. The smallest absolute Gasteiger partial charge is 0.250 e. The average Bonchev–Trinajstić information content (AvgIpc) is 2.78. The van der Waals surface area contributed by atoms with Gasteiger partial charge in [-0.2, -0.15) is 0 Å². The van der Waals surface area contributed by atoms with E-state index in [2.05, 4.69) is 4.72 Å². The number of halogens is 1. The predicted octanol–water partition coefficient (Wildman–Crippen LogP) is 2.79. The number of sulfonamides is 1. The summed E-state index contributed by atoms with van der Waals surface area (Å²) in [4.78, 5) is 0. The van der Waals surface area contributed by atoms with Crippen molar-refractivity contribution < 1.29 is 13.5 Å². The molecule has 2 unspecified atom stereocenters. The maximum absolute atomic E-state index is 12.2. The van der Waals surface area contributed by atoms with Crippen molar-refractivity contribution in [2.75, 3.05) is 13.2 Å². The largest absolute Gasteiger partial charge is 0.396 e. The van der Waals surface area contributed by atoms with Crippen molar-refractivity contribution in [2.45, 2.75) is 36.8 Å². The van der Waals surface area contributed by atoms with Crippen molar-refractivity contribution >= 4 is 33.0 Å². The van der Waals surface area contributed by atoms with Crippen LogP contribution in [0.1, 0.15) is 31.2 Å². The van der Waals surface area contributed by atoms with Gasteiger partial charge in [0.05, 0.1) is 4.34 Å². The Hall–Kier alpha value is -0.140. The van der Waals surface area contributed by atoms with E-state index in [9.17, 15) is 13.5 Å². The molecule has 4 nitrogen and oxygen atoms in total. The molecule has 0 aromatic carbocycles. The molecule has 2 N–H and O–H groups in total. The van der Waals surface area contributed by atoms with Crippen LogP contribution in [-0.2, 0) is 10.0 Å². The molecule has 0 aliphatic heterocycles. The highest BCUT2D eigenvalue weighted by Gasteiger charge is 2.27. The van der Waals surface area contributed by atoms with Crippen molar-refractivity contribution in [3.05, 3.63) is 16.0 Å². The normalized spacial score (nSPS) is 23.9. The van der Waals surface area contributed by atoms with Gasteiger partial charge in [0.25, 0.3) is 0 Å². The number of hydrogen-bond acceptors (Lipinski definition) is 4. The van der Waals surface area contributed by atoms with Crippen LogP contribution in [0.5, 0.6) is 0 Å². The number of aryl methyl sites for hydroxylation is 1. The molecule has 1 aliphatic rings. The van der Waals surface area contributed by atoms with Gasteiger partial charge in [-0.3, -0.25) is 0 Å². The fraction of sp³-hybridized carbons (Fsp3) is 0.692. The first-order valence-electron chi connectivity index (χ1n) is 6.80. The molecule has 0 spiro atoms. The van der Waals surface area contributed by atoms with E-state index in [1.54, 1.807) is 13.0 Å². The van der Waals surface area contributed by atoms with E-state index in [0.717, 1.165) is 42.6 Å². The van der Waals surface area contributed by atoms with Crippen LogP contribution in [0, 0.1) is 18.8 Å². The van der Waals surface area contributed by atoms with Crippen LogP contribution in [0.2, 0.25) is 4.34 Å². The molecule has 114 valence electrons. The summed E-state index contributed by atoms with van der Waals surface area (Å²) < 4.78 is 27.9. The monoisotopic (exact) mass is 337 g/mol. The molecule has 1 saturated carbocycles. The van der Waals surface area contributed by atoms with Gasteiger partial charge in [-0.15, -0.1) is 11.3 Å². The molecule has 1 aromatic heterocycles. The lowest BCUT2D eigenvalue weighted by Crippen LogP contribution is -2.35. The molecule has 0 bridgehead atoms. The van der Waals surface area contributed by atoms with Gasteiger partial charge in [0.1, 0.15) is 4.21 Å². The minimum atomic E-state index is -3.49. The standard InChI is InChI=1S/C13H20ClNO3S2/c1-9-6-12(19-13(9)14)20(17,18)15-7-10-4-2-3-5-11(10)8-16/h6,10-11,15-16H,2-5,7-8H2,1H3. The van der Waals surface area contributed by atoms with E-state index >= 15 is 0 Å². The quantitative estimate of drug-likeness (QED) is 0.868. The van der Waals surface area contributed by atoms with Gasteiger partial charge in [-0.25, -0.2) is 13.1 Å². The second-order valence-electron chi connectivity index (χ2n) is 5.36. The van der Waals surface area contributed by atoms with Crippen molar-refractivity contribution in [3.8, 4) is 0 Å². The third-order valence-electron chi connectivity index (χ3n) is 3.94. The van der Waals surface area contributed by atoms with Crippen LogP contribution >= 0.6 is 22.9 Å². The van der Waals surface area contributed by atoms with E-state index in [4.69, 9.17) is 11.6 Å². The van der Waals surface area contributed by atoms with Gasteiger partial charge >= 0.3 is 0 Å². The Kier molecular flexibility index (Phi) is 5.48. The molecule has 0 radical (unpaired) electrons. The summed E-state index contributed by atoms with van der Waals surface area (Å²) in [5.74, 6) is 0.431. The summed E-state index contributed by atoms with van der Waals surface area (Å²) in [6.45, 7) is 2.32. The van der Waals surface area contributed by atoms with Crippen LogP contribution < -0.4 is 4.72 Å². The zero-order valence-electron chi connectivity index (χ0n) is 11.4. The summed E-state index contributed by atoms with van der Waals surface area (Å²) in [5.41, 5.74) is 0.781. The van der Waals surface area contributed by atoms with Crippen LogP contribution in [-0.4, -0.2) is 26.7 Å². The van der Waals surface area contributed by atoms with E-state index in [1.165, 1.54) is 0 Å². The Labute approximate surface area is 129 Å². The Morgan fingerprint density at radius 1 is 1.40 bits per heavy atom. The van der Waals surface area contributed by atoms with Crippen molar-refractivity contribution in [1.82, 2.24) is 4.72 Å². The topological polar surface area (TPSA) is 66.4 Å². The van der Waals surface area contributed by atoms with E-state index in [0.29, 0.717) is 10.9 Å². The van der Waals surface area contributed by atoms with Gasteiger partial charge in [0.2, 0.25) is 10.0 Å². The molecule has 2 rings (SSSR count). The molecule has 20 heavy (non-hydrogen) atoms. The first kappa shape index (κ1) is 16.2. The fourth-order valence-electron chi connectivity index (χ4n) is 2.65. The zero-order chi connectivity index (χ0) is 14.8. The number of hydrogen-bond donors (Lipinski definition) is 2. The van der Waals surface area contributed by atoms with Crippen LogP contribution in [0.3, 0.4) is 0 Å². The zero-order valence-corrected chi connectivity index (χ0v) is 13.8. The number of nitrogens with one attached hydrogen (secondary N) is 1. The molecule has 1 aromatic rings. The Bertz CT molecular complexity index is 536. The SMILES string of the molecule is Cc1cc(S(=O)(=O)NCC2CCCCC2CO)sc1Cl. The van der Waals surface area contributed by atoms with Gasteiger partial charge in [0.15, 0.2) is 0 Å². The van der Waals surface area contributed by atoms with Crippen molar-refractivity contribution in [1.29, 1.82) is 0 Å². The Balaban J connectivity index is 2.01. The molecule has 1 heterocycles. The fourth-order valence-corrected chi connectivity index (χ4v) is 5.49. The van der Waals surface area contributed by atoms with Crippen LogP contribution in [0.4, 0.5) is 0 Å². The van der Waals surface area contributed by atoms with Gasteiger partial charge < -0.3 is 5.11 Å². The highest BCUT2D eigenvalue weighted by Crippen LogP contribution is 2.32. The Morgan fingerprint density at radius 3 is 2.60 bits per heavy atom. The summed E-state index contributed by atoms with van der Waals surface area (Å²) in [6, 6.07) is 1.60. The minimum Gasteiger partial charge on any atom is -0.396 e. The van der Waals surface area contributed by atoms with E-state index in [-0.39, 0.29) is 22.7 Å². The second kappa shape index (κ2) is 6.75. The molecule has 7 heteroatoms. The van der Waals surface area contributed by atoms with Crippen molar-refractivity contribution in [2.24, 2.45) is 11.8 Å². The number of rotatable bonds is 5. The first-order chi connectivity index (χ1) is 9.44. The summed E-state index contributed by atoms with van der Waals surface area (Å²) in [5, 5.41) is 9.36. The molecular formula is C13H20ClNO3S2. The summed E-state index contributed by atoms with van der Waals surface area (Å²) >= 11 is 7.00. The number of thiophene rings is 1. The predicted molar refractivity (Wildman–Crippen MR) is 81.8 cm³/mol. The van der Waals surface area contributed by atoms with E-state index < -0.39 is 10.0 Å². The van der Waals surface area contributed by atoms with Crippen molar-refractivity contribution in [3.63, 3.8) is 0 Å². The van der Waals surface area contributed by atoms with E-state index in [1.807, 2.05) is 0 Å². The maximum Gasteiger partial charge on any atom is 0.250 e. The lowest BCUT2D eigenvalue weighted by atomic mass is 9.80. The molecule has 1 fully saturated rings. The molecule has 0 saturated heterocycles. The van der Waals surface area contributed by atoms with Gasteiger partial charge in [0, 0.05) is 13.2 Å². The molecule has 1 aliphatic carbocycles. The van der Waals surface area contributed by atoms with Crippen LogP contribution in [0.25, 0.3) is 0 Å². The number of aliphatic hydroxyl groups is 1. The Morgan fingerprint density at radius 2 is 2.05 bits per heavy atom. The number of aliphatic hydroxyl groups excluding tert-OH is 1. The van der Waals surface area contributed by atoms with Gasteiger partial charge in [-0.1, -0.05) is 24.4 Å². The highest BCUT2D eigenvalue weighted by molar-refractivity contribution is 7.91. The van der Waals surface area contributed by atoms with Gasteiger partial charge in [-0.05, 0) is 43.2 Å². The second-order valence-corrected chi connectivity index (χ2v) is 9.01. The maximum atomic E-state index is 12.2. The molecule has 0 amide bonds. The summed E-state index contributed by atoms with van der Waals surface area (Å²) in [6.07, 6.45) is 4.17. The van der Waals surface area contributed by atoms with Crippen LogP contribution in [0.15, 0.2) is 10.3 Å². The lowest BCUT2D eigenvalue weighted by molar-refractivity contribution is 0.136. The third-order valence-corrected chi connectivity index (χ3v) is 7.39. The molecular weight excluding hydrogens is 318 g/mol. The minimum absolute atomic E-state index is 0.135. The average molecular weight is 338 g/mol.